The molecule has 1 N–H and O–H groups in total. The first kappa shape index (κ1) is 14.4. The normalized spacial score (nSPS) is 14.9. The third kappa shape index (κ3) is 3.21. The van der Waals surface area contributed by atoms with E-state index in [9.17, 15) is 13.2 Å². The number of amidine groups is 1. The highest BCUT2D eigenvalue weighted by Gasteiger charge is 2.31. The molecule has 0 aromatic heterocycles. The number of para-hydroxylation sites is 1. The van der Waals surface area contributed by atoms with E-state index >= 15 is 0 Å². The molecule has 114 valence electrons. The molecule has 2 aromatic rings. The summed E-state index contributed by atoms with van der Waals surface area (Å²) in [4.78, 5) is 0. The highest BCUT2D eigenvalue weighted by Crippen LogP contribution is 2.32. The van der Waals surface area contributed by atoms with Crippen molar-refractivity contribution in [1.29, 1.82) is 0 Å². The van der Waals surface area contributed by atoms with Crippen molar-refractivity contribution >= 4 is 17.2 Å². The second-order valence-corrected chi connectivity index (χ2v) is 4.96. The molecule has 22 heavy (non-hydrogen) atoms. The molecule has 6 heteroatoms. The molecule has 0 aliphatic carbocycles. The first-order chi connectivity index (χ1) is 10.5. The molecule has 1 heterocycles. The van der Waals surface area contributed by atoms with Gasteiger partial charge >= 0.3 is 6.18 Å². The Hall–Kier alpha value is -2.50. The summed E-state index contributed by atoms with van der Waals surface area (Å²) in [6, 6.07) is 14.8. The minimum absolute atomic E-state index is 0.444. The van der Waals surface area contributed by atoms with Crippen molar-refractivity contribution in [3.8, 4) is 0 Å². The first-order valence-electron chi connectivity index (χ1n) is 6.87. The lowest BCUT2D eigenvalue weighted by atomic mass is 10.2. The molecule has 0 amide bonds. The van der Waals surface area contributed by atoms with E-state index in [1.165, 1.54) is 6.07 Å². The van der Waals surface area contributed by atoms with Gasteiger partial charge in [-0.1, -0.05) is 24.3 Å². The maximum absolute atomic E-state index is 12.8. The second-order valence-electron chi connectivity index (χ2n) is 4.96. The summed E-state index contributed by atoms with van der Waals surface area (Å²) >= 11 is 0. The quantitative estimate of drug-likeness (QED) is 0.893. The van der Waals surface area contributed by atoms with Crippen molar-refractivity contribution in [2.24, 2.45) is 5.10 Å². The summed E-state index contributed by atoms with van der Waals surface area (Å²) in [7, 11) is 0. The molecule has 0 atom stereocenters. The highest BCUT2D eigenvalue weighted by molar-refractivity contribution is 5.97. The van der Waals surface area contributed by atoms with Gasteiger partial charge < -0.3 is 5.32 Å². The number of nitrogens with zero attached hydrogens (tertiary/aromatic N) is 2. The predicted octanol–water partition coefficient (Wildman–Crippen LogP) is 4.34. The fourth-order valence-corrected chi connectivity index (χ4v) is 2.26. The lowest BCUT2D eigenvalue weighted by Gasteiger charge is -2.15. The van der Waals surface area contributed by atoms with Crippen molar-refractivity contribution in [2.75, 3.05) is 16.9 Å². The zero-order valence-electron chi connectivity index (χ0n) is 11.6. The van der Waals surface area contributed by atoms with Crippen LogP contribution < -0.4 is 10.3 Å². The number of anilines is 2. The molecule has 0 radical (unpaired) electrons. The number of halogens is 3. The van der Waals surface area contributed by atoms with Crippen LogP contribution in [0.4, 0.5) is 24.5 Å². The molecule has 0 saturated heterocycles. The Morgan fingerprint density at radius 1 is 1.00 bits per heavy atom. The average Bonchev–Trinajstić information content (AvgIpc) is 2.96. The zero-order chi connectivity index (χ0) is 15.6. The van der Waals surface area contributed by atoms with Gasteiger partial charge in [-0.25, -0.2) is 0 Å². The van der Waals surface area contributed by atoms with E-state index in [0.29, 0.717) is 18.7 Å². The number of hydrazone groups is 1. The summed E-state index contributed by atoms with van der Waals surface area (Å²) in [5.41, 5.74) is 0.691. The van der Waals surface area contributed by atoms with Crippen LogP contribution in [0.15, 0.2) is 59.7 Å². The van der Waals surface area contributed by atoms with Gasteiger partial charge in [0, 0.05) is 18.7 Å². The largest absolute Gasteiger partial charge is 0.416 e. The molecule has 0 unspecified atom stereocenters. The van der Waals surface area contributed by atoms with Crippen molar-refractivity contribution in [3.05, 3.63) is 60.2 Å². The standard InChI is InChI=1S/C16H14F3N3/c17-16(18,19)12-5-4-8-14(11-12)22-10-9-15(21-22)20-13-6-2-1-3-7-13/h1-8,11H,9-10H2,(H,20,21). The number of alkyl halides is 3. The predicted molar refractivity (Wildman–Crippen MR) is 80.9 cm³/mol. The fourth-order valence-electron chi connectivity index (χ4n) is 2.26. The zero-order valence-corrected chi connectivity index (χ0v) is 11.6. The van der Waals surface area contributed by atoms with Crippen LogP contribution in [0.5, 0.6) is 0 Å². The van der Waals surface area contributed by atoms with E-state index in [-0.39, 0.29) is 0 Å². The Balaban J connectivity index is 1.77. The van der Waals surface area contributed by atoms with Crippen molar-refractivity contribution in [2.45, 2.75) is 12.6 Å². The molecule has 1 aliphatic heterocycles. The van der Waals surface area contributed by atoms with Gasteiger partial charge in [-0.3, -0.25) is 5.01 Å². The van der Waals surface area contributed by atoms with Gasteiger partial charge in [0.15, 0.2) is 0 Å². The maximum atomic E-state index is 12.8. The Morgan fingerprint density at radius 2 is 1.77 bits per heavy atom. The number of hydrogen-bond acceptors (Lipinski definition) is 3. The minimum Gasteiger partial charge on any atom is -0.342 e. The van der Waals surface area contributed by atoms with Crippen LogP contribution >= 0.6 is 0 Å². The van der Waals surface area contributed by atoms with Crippen LogP contribution in [0.2, 0.25) is 0 Å². The fraction of sp³-hybridized carbons (Fsp3) is 0.188. The lowest BCUT2D eigenvalue weighted by molar-refractivity contribution is -0.137. The van der Waals surface area contributed by atoms with Crippen LogP contribution in [0.25, 0.3) is 0 Å². The van der Waals surface area contributed by atoms with E-state index < -0.39 is 11.7 Å². The second kappa shape index (κ2) is 5.71. The Kier molecular flexibility index (Phi) is 3.75. The molecular formula is C16H14F3N3. The lowest BCUT2D eigenvalue weighted by Crippen LogP contribution is -2.13. The topological polar surface area (TPSA) is 27.6 Å². The summed E-state index contributed by atoms with van der Waals surface area (Å²) in [5.74, 6) is 0.739. The third-order valence-corrected chi connectivity index (χ3v) is 3.34. The van der Waals surface area contributed by atoms with Crippen molar-refractivity contribution in [3.63, 3.8) is 0 Å². The van der Waals surface area contributed by atoms with Gasteiger partial charge in [0.05, 0.1) is 11.3 Å². The summed E-state index contributed by atoms with van der Waals surface area (Å²) in [6.45, 7) is 0.552. The van der Waals surface area contributed by atoms with Crippen molar-refractivity contribution in [1.82, 2.24) is 0 Å². The number of rotatable bonds is 2. The van der Waals surface area contributed by atoms with Crippen LogP contribution in [-0.2, 0) is 6.18 Å². The van der Waals surface area contributed by atoms with Gasteiger partial charge in [-0.05, 0) is 30.3 Å². The van der Waals surface area contributed by atoms with Gasteiger partial charge in [-0.2, -0.15) is 18.3 Å². The Labute approximate surface area is 126 Å². The molecule has 0 saturated carbocycles. The number of benzene rings is 2. The molecule has 0 bridgehead atoms. The molecule has 0 fully saturated rings. The molecular weight excluding hydrogens is 291 g/mol. The van der Waals surface area contributed by atoms with Gasteiger partial charge in [0.25, 0.3) is 0 Å². The Bertz CT molecular complexity index is 681. The van der Waals surface area contributed by atoms with Crippen molar-refractivity contribution < 1.29 is 13.2 Å². The molecule has 3 nitrogen and oxygen atoms in total. The molecule has 0 spiro atoms. The number of hydrogen-bond donors (Lipinski definition) is 1. The average molecular weight is 305 g/mol. The van der Waals surface area contributed by atoms with Gasteiger partial charge in [-0.15, -0.1) is 0 Å². The molecule has 1 aliphatic rings. The smallest absolute Gasteiger partial charge is 0.342 e. The molecule has 3 rings (SSSR count). The van der Waals surface area contributed by atoms with Crippen LogP contribution in [0.1, 0.15) is 12.0 Å². The van der Waals surface area contributed by atoms with Crippen LogP contribution in [-0.4, -0.2) is 12.4 Å². The maximum Gasteiger partial charge on any atom is 0.416 e. The van der Waals surface area contributed by atoms with E-state index in [0.717, 1.165) is 23.7 Å². The van der Waals surface area contributed by atoms with Crippen LogP contribution in [0, 0.1) is 0 Å². The summed E-state index contributed by atoms with van der Waals surface area (Å²) < 4.78 is 38.3. The minimum atomic E-state index is -4.34. The number of nitrogens with one attached hydrogen (secondary N) is 1. The monoisotopic (exact) mass is 305 g/mol. The van der Waals surface area contributed by atoms with E-state index in [1.807, 2.05) is 30.3 Å². The summed E-state index contributed by atoms with van der Waals surface area (Å²) in [6.07, 6.45) is -3.68. The van der Waals surface area contributed by atoms with Crippen LogP contribution in [0.3, 0.4) is 0 Å². The van der Waals surface area contributed by atoms with E-state index in [1.54, 1.807) is 11.1 Å². The highest BCUT2D eigenvalue weighted by atomic mass is 19.4. The Morgan fingerprint density at radius 3 is 2.50 bits per heavy atom. The molecule has 2 aromatic carbocycles. The third-order valence-electron chi connectivity index (χ3n) is 3.34. The van der Waals surface area contributed by atoms with E-state index in [2.05, 4.69) is 10.4 Å². The van der Waals surface area contributed by atoms with E-state index in [4.69, 9.17) is 0 Å². The SMILES string of the molecule is FC(F)(F)c1cccc(N2CCC(Nc3ccccc3)=N2)c1. The van der Waals surface area contributed by atoms with Gasteiger partial charge in [0.1, 0.15) is 5.84 Å². The van der Waals surface area contributed by atoms with Gasteiger partial charge in [0.2, 0.25) is 0 Å². The summed E-state index contributed by atoms with van der Waals surface area (Å²) in [5, 5.41) is 9.10. The first-order valence-corrected chi connectivity index (χ1v) is 6.87.